The van der Waals surface area contributed by atoms with Crippen LogP contribution in [0.2, 0.25) is 0 Å². The van der Waals surface area contributed by atoms with Gasteiger partial charge in [-0.1, -0.05) is 46.5 Å². The first-order valence-corrected chi connectivity index (χ1v) is 9.22. The Labute approximate surface area is 167 Å². The lowest BCUT2D eigenvalue weighted by molar-refractivity contribution is -0.138. The number of phenols is 2. The van der Waals surface area contributed by atoms with Crippen LogP contribution in [0.5, 0.6) is 11.5 Å². The van der Waals surface area contributed by atoms with Gasteiger partial charge in [0.25, 0.3) is 0 Å². The molecule has 1 aliphatic carbocycles. The van der Waals surface area contributed by atoms with Gasteiger partial charge >= 0.3 is 0 Å². The van der Waals surface area contributed by atoms with Gasteiger partial charge in [-0.2, -0.15) is 0 Å². The SMILES string of the molecule is CC(C)=CCC/C(C)=C/C[C@@]1(O)C(=O)C(Cl)(Cl)C(=O)c2c(O)cc(O)cc21. The van der Waals surface area contributed by atoms with Crippen LogP contribution < -0.4 is 0 Å². The number of rotatable bonds is 5. The number of hydrogen-bond acceptors (Lipinski definition) is 5. The van der Waals surface area contributed by atoms with Gasteiger partial charge in [-0.25, -0.2) is 0 Å². The van der Waals surface area contributed by atoms with E-state index in [0.29, 0.717) is 0 Å². The van der Waals surface area contributed by atoms with E-state index in [1.165, 1.54) is 5.57 Å². The molecule has 146 valence electrons. The van der Waals surface area contributed by atoms with Crippen LogP contribution in [0.4, 0.5) is 0 Å². The third-order valence-corrected chi connectivity index (χ3v) is 5.24. The van der Waals surface area contributed by atoms with E-state index in [9.17, 15) is 24.9 Å². The number of carbonyl (C=O) groups is 2. The summed E-state index contributed by atoms with van der Waals surface area (Å²) in [5, 5.41) is 30.9. The van der Waals surface area contributed by atoms with E-state index in [2.05, 4.69) is 6.08 Å². The number of alkyl halides is 2. The van der Waals surface area contributed by atoms with E-state index in [-0.39, 0.29) is 17.5 Å². The Morgan fingerprint density at radius 2 is 1.74 bits per heavy atom. The van der Waals surface area contributed by atoms with Crippen LogP contribution in [0.25, 0.3) is 0 Å². The smallest absolute Gasteiger partial charge is 0.241 e. The molecule has 1 aromatic rings. The van der Waals surface area contributed by atoms with Crippen LogP contribution in [0.3, 0.4) is 0 Å². The Morgan fingerprint density at radius 3 is 2.33 bits per heavy atom. The maximum atomic E-state index is 12.7. The van der Waals surface area contributed by atoms with Gasteiger partial charge in [0, 0.05) is 18.1 Å². The monoisotopic (exact) mass is 412 g/mol. The summed E-state index contributed by atoms with van der Waals surface area (Å²) in [7, 11) is 0. The molecule has 27 heavy (non-hydrogen) atoms. The minimum atomic E-state index is -2.53. The van der Waals surface area contributed by atoms with E-state index in [0.717, 1.165) is 30.5 Å². The van der Waals surface area contributed by atoms with Crippen molar-refractivity contribution in [1.29, 1.82) is 0 Å². The highest BCUT2D eigenvalue weighted by molar-refractivity contribution is 6.70. The molecule has 0 unspecified atom stereocenters. The highest BCUT2D eigenvalue weighted by Gasteiger charge is 2.59. The lowest BCUT2D eigenvalue weighted by atomic mass is 9.74. The second-order valence-corrected chi connectivity index (χ2v) is 8.38. The number of carbonyl (C=O) groups excluding carboxylic acids is 2. The van der Waals surface area contributed by atoms with Gasteiger partial charge in [-0.3, -0.25) is 9.59 Å². The second kappa shape index (κ2) is 7.66. The van der Waals surface area contributed by atoms with E-state index in [1.54, 1.807) is 6.08 Å². The molecule has 0 saturated carbocycles. The van der Waals surface area contributed by atoms with E-state index in [4.69, 9.17) is 23.2 Å². The van der Waals surface area contributed by atoms with Crippen LogP contribution in [-0.2, 0) is 10.4 Å². The molecule has 0 heterocycles. The van der Waals surface area contributed by atoms with Crippen LogP contribution in [-0.4, -0.2) is 31.2 Å². The number of aromatic hydroxyl groups is 2. The number of benzene rings is 1. The van der Waals surface area contributed by atoms with Gasteiger partial charge in [0.1, 0.15) is 11.5 Å². The molecule has 0 spiro atoms. The number of aliphatic hydroxyl groups is 1. The minimum absolute atomic E-state index is 0.198. The van der Waals surface area contributed by atoms with Crippen molar-refractivity contribution in [2.45, 2.75) is 50.0 Å². The maximum Gasteiger partial charge on any atom is 0.241 e. The lowest BCUT2D eigenvalue weighted by Gasteiger charge is -2.37. The fourth-order valence-corrected chi connectivity index (χ4v) is 3.54. The zero-order valence-corrected chi connectivity index (χ0v) is 16.9. The fourth-order valence-electron chi connectivity index (χ4n) is 3.03. The average molecular weight is 413 g/mol. The molecule has 2 rings (SSSR count). The summed E-state index contributed by atoms with van der Waals surface area (Å²) in [6.45, 7) is 5.85. The van der Waals surface area contributed by atoms with Crippen LogP contribution in [0.1, 0.15) is 56.0 Å². The molecule has 3 N–H and O–H groups in total. The van der Waals surface area contributed by atoms with Crippen LogP contribution >= 0.6 is 23.2 Å². The molecule has 0 aromatic heterocycles. The molecule has 0 amide bonds. The summed E-state index contributed by atoms with van der Waals surface area (Å²) >= 11 is 11.9. The molecule has 7 heteroatoms. The average Bonchev–Trinajstić information content (AvgIpc) is 2.56. The summed E-state index contributed by atoms with van der Waals surface area (Å²) in [5.41, 5.74) is -0.709. The Hall–Kier alpha value is -1.82. The van der Waals surface area contributed by atoms with Crippen molar-refractivity contribution >= 4 is 34.8 Å². The number of halogens is 2. The molecule has 1 atom stereocenters. The zero-order chi connectivity index (χ0) is 20.6. The Kier molecular flexibility index (Phi) is 6.10. The summed E-state index contributed by atoms with van der Waals surface area (Å²) in [6, 6.07) is 2.00. The zero-order valence-electron chi connectivity index (χ0n) is 15.3. The van der Waals surface area contributed by atoms with Crippen molar-refractivity contribution in [3.05, 3.63) is 46.6 Å². The molecule has 0 bridgehead atoms. The van der Waals surface area contributed by atoms with E-state index in [1.807, 2.05) is 20.8 Å². The summed E-state index contributed by atoms with van der Waals surface area (Å²) in [4.78, 5) is 25.2. The van der Waals surface area contributed by atoms with Crippen molar-refractivity contribution in [1.82, 2.24) is 0 Å². The quantitative estimate of drug-likeness (QED) is 0.380. The highest BCUT2D eigenvalue weighted by atomic mass is 35.5. The van der Waals surface area contributed by atoms with Crippen LogP contribution in [0.15, 0.2) is 35.4 Å². The molecular formula is C20H22Cl2O5. The molecule has 0 radical (unpaired) electrons. The standard InChI is InChI=1S/C20H22Cl2O5/c1-11(2)5-4-6-12(3)7-8-19(27)14-9-13(23)10-15(24)16(14)17(25)20(21,22)18(19)26/h5,7,9-10,23-24,27H,4,6,8H2,1-3H3/b12-7+/t19-/m0/s1. The number of hydrogen-bond donors (Lipinski definition) is 3. The number of ketones is 2. The van der Waals surface area contributed by atoms with Gasteiger partial charge in [0.15, 0.2) is 5.60 Å². The predicted molar refractivity (Wildman–Crippen MR) is 104 cm³/mol. The van der Waals surface area contributed by atoms with Crippen molar-refractivity contribution in [3.63, 3.8) is 0 Å². The van der Waals surface area contributed by atoms with Gasteiger partial charge in [-0.05, 0) is 39.7 Å². The lowest BCUT2D eigenvalue weighted by Crippen LogP contribution is -2.54. The van der Waals surface area contributed by atoms with Gasteiger partial charge in [0.2, 0.25) is 15.9 Å². The molecule has 1 aliphatic rings. The summed E-state index contributed by atoms with van der Waals surface area (Å²) in [6.07, 6.45) is 5.07. The summed E-state index contributed by atoms with van der Waals surface area (Å²) in [5.74, 6) is -3.13. The first-order chi connectivity index (χ1) is 12.4. The normalized spacial score (nSPS) is 21.8. The van der Waals surface area contributed by atoms with E-state index < -0.39 is 33.0 Å². The second-order valence-electron chi connectivity index (χ2n) is 7.06. The van der Waals surface area contributed by atoms with Crippen LogP contribution in [0, 0.1) is 0 Å². The fraction of sp³-hybridized carbons (Fsp3) is 0.400. The predicted octanol–water partition coefficient (Wildman–Crippen LogP) is 4.31. The Bertz CT molecular complexity index is 850. The largest absolute Gasteiger partial charge is 0.508 e. The summed E-state index contributed by atoms with van der Waals surface area (Å²) < 4.78 is -2.53. The first-order valence-electron chi connectivity index (χ1n) is 8.46. The van der Waals surface area contributed by atoms with E-state index >= 15 is 0 Å². The Morgan fingerprint density at radius 1 is 1.11 bits per heavy atom. The molecule has 1 aromatic carbocycles. The number of fused-ring (bicyclic) bond motifs is 1. The van der Waals surface area contributed by atoms with Crippen molar-refractivity contribution in [3.8, 4) is 11.5 Å². The van der Waals surface area contributed by atoms with Crippen molar-refractivity contribution in [2.24, 2.45) is 0 Å². The highest BCUT2D eigenvalue weighted by Crippen LogP contribution is 2.48. The van der Waals surface area contributed by atoms with Crippen molar-refractivity contribution < 1.29 is 24.9 Å². The maximum absolute atomic E-state index is 12.7. The molecule has 0 fully saturated rings. The molecular weight excluding hydrogens is 391 g/mol. The van der Waals surface area contributed by atoms with Gasteiger partial charge < -0.3 is 15.3 Å². The minimum Gasteiger partial charge on any atom is -0.508 e. The third kappa shape index (κ3) is 4.05. The molecule has 5 nitrogen and oxygen atoms in total. The number of phenolic OH excluding ortho intramolecular Hbond substituents is 2. The number of Topliss-reactive ketones (excluding diaryl/α,β-unsaturated/α-hetero) is 2. The molecule has 0 aliphatic heterocycles. The third-order valence-electron chi connectivity index (χ3n) is 4.56. The Balaban J connectivity index is 2.48. The van der Waals surface area contributed by atoms with Gasteiger partial charge in [0.05, 0.1) is 5.56 Å². The first kappa shape index (κ1) is 21.5. The van der Waals surface area contributed by atoms with Gasteiger partial charge in [-0.15, -0.1) is 0 Å². The molecule has 0 saturated heterocycles. The van der Waals surface area contributed by atoms with Crippen molar-refractivity contribution in [2.75, 3.05) is 0 Å². The number of allylic oxidation sites excluding steroid dienone is 3. The topological polar surface area (TPSA) is 94.8 Å².